The summed E-state index contributed by atoms with van der Waals surface area (Å²) in [6.07, 6.45) is 2.09. The van der Waals surface area contributed by atoms with Crippen molar-refractivity contribution in [2.45, 2.75) is 23.8 Å². The molecule has 1 aromatic carbocycles. The predicted molar refractivity (Wildman–Crippen MR) is 84.2 cm³/mol. The summed E-state index contributed by atoms with van der Waals surface area (Å²) in [6, 6.07) is 5.11. The van der Waals surface area contributed by atoms with E-state index in [9.17, 15) is 8.42 Å². The maximum atomic E-state index is 12.3. The molecule has 0 aromatic heterocycles. The Balaban J connectivity index is 0.00000200. The van der Waals surface area contributed by atoms with Crippen LogP contribution < -0.4 is 14.8 Å². The number of methoxy groups -OCH3 is 1. The molecule has 1 heterocycles. The van der Waals surface area contributed by atoms with Crippen molar-refractivity contribution >= 4 is 38.4 Å². The van der Waals surface area contributed by atoms with Gasteiger partial charge in [-0.2, -0.15) is 0 Å². The normalized spacial score (nSPS) is 18.6. The average molecular weight is 386 g/mol. The number of rotatable bonds is 5. The van der Waals surface area contributed by atoms with Crippen LogP contribution in [0.3, 0.4) is 0 Å². The molecule has 1 unspecified atom stereocenters. The number of hydrogen-bond donors (Lipinski definition) is 2. The molecule has 20 heavy (non-hydrogen) atoms. The van der Waals surface area contributed by atoms with Crippen LogP contribution in [-0.2, 0) is 10.0 Å². The molecule has 0 aliphatic carbocycles. The smallest absolute Gasteiger partial charge is 0.241 e. The van der Waals surface area contributed by atoms with Crippen molar-refractivity contribution in [3.8, 4) is 5.75 Å². The quantitative estimate of drug-likeness (QED) is 0.812. The highest BCUT2D eigenvalue weighted by atomic mass is 79.9. The predicted octanol–water partition coefficient (Wildman–Crippen LogP) is 1.91. The van der Waals surface area contributed by atoms with E-state index in [0.717, 1.165) is 19.4 Å². The number of benzene rings is 1. The average Bonchev–Trinajstić information content (AvgIpc) is 2.90. The molecule has 1 aliphatic rings. The molecular formula is C12H18BrClN2O3S. The van der Waals surface area contributed by atoms with Gasteiger partial charge in [-0.05, 0) is 47.4 Å². The summed E-state index contributed by atoms with van der Waals surface area (Å²) in [6.45, 7) is 1.36. The van der Waals surface area contributed by atoms with Gasteiger partial charge in [-0.15, -0.1) is 12.4 Å². The van der Waals surface area contributed by atoms with Crippen LogP contribution in [0.2, 0.25) is 0 Å². The summed E-state index contributed by atoms with van der Waals surface area (Å²) in [5.41, 5.74) is 0. The second kappa shape index (κ2) is 7.61. The van der Waals surface area contributed by atoms with Crippen molar-refractivity contribution in [1.82, 2.24) is 10.0 Å². The number of sulfonamides is 1. The van der Waals surface area contributed by atoms with Gasteiger partial charge in [0.15, 0.2) is 0 Å². The highest BCUT2D eigenvalue weighted by Crippen LogP contribution is 2.26. The van der Waals surface area contributed by atoms with Crippen LogP contribution in [0.4, 0.5) is 0 Å². The van der Waals surface area contributed by atoms with Gasteiger partial charge in [0.1, 0.15) is 5.75 Å². The Morgan fingerprint density at radius 3 is 2.85 bits per heavy atom. The van der Waals surface area contributed by atoms with Crippen LogP contribution in [0.15, 0.2) is 27.6 Å². The van der Waals surface area contributed by atoms with Crippen LogP contribution in [0.1, 0.15) is 12.8 Å². The first-order valence-corrected chi connectivity index (χ1v) is 8.37. The Hall–Kier alpha value is -0.340. The maximum Gasteiger partial charge on any atom is 0.241 e. The Morgan fingerprint density at radius 1 is 1.50 bits per heavy atom. The molecule has 0 saturated carbocycles. The molecule has 0 radical (unpaired) electrons. The molecular weight excluding hydrogens is 368 g/mol. The van der Waals surface area contributed by atoms with Gasteiger partial charge in [-0.25, -0.2) is 13.1 Å². The Labute approximate surface area is 134 Å². The number of hydrogen-bond acceptors (Lipinski definition) is 4. The van der Waals surface area contributed by atoms with Crippen LogP contribution >= 0.6 is 28.3 Å². The van der Waals surface area contributed by atoms with Crippen molar-refractivity contribution in [1.29, 1.82) is 0 Å². The number of ether oxygens (including phenoxy) is 1. The maximum absolute atomic E-state index is 12.3. The van der Waals surface area contributed by atoms with Crippen molar-refractivity contribution < 1.29 is 13.2 Å². The van der Waals surface area contributed by atoms with E-state index >= 15 is 0 Å². The summed E-state index contributed by atoms with van der Waals surface area (Å²) in [4.78, 5) is 0.199. The topological polar surface area (TPSA) is 67.4 Å². The molecule has 8 heteroatoms. The monoisotopic (exact) mass is 384 g/mol. The van der Waals surface area contributed by atoms with Gasteiger partial charge in [0.05, 0.1) is 12.0 Å². The van der Waals surface area contributed by atoms with Crippen LogP contribution in [0.5, 0.6) is 5.75 Å². The van der Waals surface area contributed by atoms with Gasteiger partial charge >= 0.3 is 0 Å². The standard InChI is InChI=1S/C12H17BrN2O3S.ClH/c1-18-10-4-5-11(13)12(7-10)19(16,17)15-8-9-3-2-6-14-9;/h4-5,7,9,14-15H,2-3,6,8H2,1H3;1H. The first-order chi connectivity index (χ1) is 9.03. The Bertz CT molecular complexity index is 548. The molecule has 2 rings (SSSR count). The molecule has 1 saturated heterocycles. The van der Waals surface area contributed by atoms with Gasteiger partial charge in [-0.1, -0.05) is 0 Å². The summed E-state index contributed by atoms with van der Waals surface area (Å²) >= 11 is 3.26. The fraction of sp³-hybridized carbons (Fsp3) is 0.500. The third kappa shape index (κ3) is 4.33. The Morgan fingerprint density at radius 2 is 2.25 bits per heavy atom. The van der Waals surface area contributed by atoms with Gasteiger partial charge in [-0.3, -0.25) is 0 Å². The van der Waals surface area contributed by atoms with E-state index in [1.165, 1.54) is 13.2 Å². The third-order valence-corrected chi connectivity index (χ3v) is 5.53. The lowest BCUT2D eigenvalue weighted by molar-refractivity contribution is 0.413. The zero-order valence-corrected chi connectivity index (χ0v) is 14.3. The summed E-state index contributed by atoms with van der Waals surface area (Å²) < 4.78 is 32.7. The molecule has 1 fully saturated rings. The molecule has 5 nitrogen and oxygen atoms in total. The van der Waals surface area contributed by atoms with Crippen molar-refractivity contribution in [3.05, 3.63) is 22.7 Å². The van der Waals surface area contributed by atoms with E-state index in [0.29, 0.717) is 16.8 Å². The molecule has 1 aliphatic heterocycles. The van der Waals surface area contributed by atoms with Crippen molar-refractivity contribution in [2.24, 2.45) is 0 Å². The van der Waals surface area contributed by atoms with Gasteiger partial charge in [0, 0.05) is 23.1 Å². The summed E-state index contributed by atoms with van der Waals surface area (Å²) in [5.74, 6) is 0.516. The second-order valence-electron chi connectivity index (χ2n) is 4.44. The lowest BCUT2D eigenvalue weighted by Crippen LogP contribution is -2.37. The van der Waals surface area contributed by atoms with E-state index in [1.54, 1.807) is 12.1 Å². The van der Waals surface area contributed by atoms with Crippen molar-refractivity contribution in [2.75, 3.05) is 20.2 Å². The number of nitrogens with one attached hydrogen (secondary N) is 2. The third-order valence-electron chi connectivity index (χ3n) is 3.11. The lowest BCUT2D eigenvalue weighted by atomic mass is 10.2. The van der Waals surface area contributed by atoms with Crippen LogP contribution in [0.25, 0.3) is 0 Å². The minimum atomic E-state index is -3.53. The van der Waals surface area contributed by atoms with Gasteiger partial charge in [0.25, 0.3) is 0 Å². The first kappa shape index (κ1) is 17.7. The van der Waals surface area contributed by atoms with E-state index in [4.69, 9.17) is 4.74 Å². The van der Waals surface area contributed by atoms with Gasteiger partial charge in [0.2, 0.25) is 10.0 Å². The van der Waals surface area contributed by atoms with Crippen LogP contribution in [0, 0.1) is 0 Å². The van der Waals surface area contributed by atoms with E-state index in [2.05, 4.69) is 26.0 Å². The molecule has 2 N–H and O–H groups in total. The lowest BCUT2D eigenvalue weighted by Gasteiger charge is -2.13. The molecule has 1 aromatic rings. The largest absolute Gasteiger partial charge is 0.497 e. The minimum absolute atomic E-state index is 0. The number of halogens is 2. The SMILES string of the molecule is COc1ccc(Br)c(S(=O)(=O)NCC2CCCN2)c1.Cl. The molecule has 0 bridgehead atoms. The fourth-order valence-corrected chi connectivity index (χ4v) is 4.09. The summed E-state index contributed by atoms with van der Waals surface area (Å²) in [7, 11) is -2.02. The summed E-state index contributed by atoms with van der Waals surface area (Å²) in [5, 5.41) is 3.25. The van der Waals surface area contributed by atoms with E-state index < -0.39 is 10.0 Å². The molecule has 1 atom stereocenters. The van der Waals surface area contributed by atoms with Crippen molar-refractivity contribution in [3.63, 3.8) is 0 Å². The molecule has 114 valence electrons. The highest BCUT2D eigenvalue weighted by molar-refractivity contribution is 9.10. The second-order valence-corrected chi connectivity index (χ2v) is 7.03. The molecule has 0 amide bonds. The van der Waals surface area contributed by atoms with E-state index in [1.807, 2.05) is 0 Å². The van der Waals surface area contributed by atoms with Gasteiger partial charge < -0.3 is 10.1 Å². The first-order valence-electron chi connectivity index (χ1n) is 6.09. The van der Waals surface area contributed by atoms with E-state index in [-0.39, 0.29) is 23.3 Å². The highest BCUT2D eigenvalue weighted by Gasteiger charge is 2.21. The minimum Gasteiger partial charge on any atom is -0.497 e. The van der Waals surface area contributed by atoms with Crippen LogP contribution in [-0.4, -0.2) is 34.7 Å². The Kier molecular flexibility index (Phi) is 6.74. The molecule has 0 spiro atoms. The fourth-order valence-electron chi connectivity index (χ4n) is 2.04. The zero-order valence-electron chi connectivity index (χ0n) is 11.1. The zero-order chi connectivity index (χ0) is 13.9.